The van der Waals surface area contributed by atoms with E-state index in [2.05, 4.69) is 10.6 Å². The van der Waals surface area contributed by atoms with Crippen LogP contribution >= 0.6 is 23.2 Å². The lowest BCUT2D eigenvalue weighted by Crippen LogP contribution is -2.35. The van der Waals surface area contributed by atoms with Crippen molar-refractivity contribution in [2.75, 3.05) is 19.0 Å². The van der Waals surface area contributed by atoms with Crippen LogP contribution in [0.2, 0.25) is 10.0 Å². The predicted molar refractivity (Wildman–Crippen MR) is 111 cm³/mol. The first-order valence-electron chi connectivity index (χ1n) is 8.59. The summed E-state index contributed by atoms with van der Waals surface area (Å²) in [4.78, 5) is 36.3. The maximum absolute atomic E-state index is 12.3. The Morgan fingerprint density at radius 2 is 1.79 bits per heavy atom. The molecule has 0 bridgehead atoms. The van der Waals surface area contributed by atoms with E-state index in [-0.39, 0.29) is 10.6 Å². The number of hydrogen-bond acceptors (Lipinski definition) is 5. The molecular formula is C20H20Cl2N2O5. The molecule has 0 spiro atoms. The maximum atomic E-state index is 12.3. The molecule has 154 valence electrons. The molecule has 7 nitrogen and oxygen atoms in total. The molecule has 2 rings (SSSR count). The zero-order valence-corrected chi connectivity index (χ0v) is 17.6. The first-order chi connectivity index (χ1) is 13.7. The molecule has 0 aliphatic carbocycles. The molecule has 2 amide bonds. The van der Waals surface area contributed by atoms with Crippen LogP contribution in [0, 0.1) is 6.92 Å². The number of anilines is 1. The van der Waals surface area contributed by atoms with Gasteiger partial charge in [-0.15, -0.1) is 0 Å². The van der Waals surface area contributed by atoms with Gasteiger partial charge in [-0.25, -0.2) is 0 Å². The number of carbonyl (C=O) groups is 3. The summed E-state index contributed by atoms with van der Waals surface area (Å²) in [6, 6.07) is 9.64. The number of nitrogens with one attached hydrogen (secondary N) is 2. The lowest BCUT2D eigenvalue weighted by Gasteiger charge is -2.16. The van der Waals surface area contributed by atoms with Gasteiger partial charge in [0.2, 0.25) is 0 Å². The Hall–Kier alpha value is -2.77. The lowest BCUT2D eigenvalue weighted by atomic mass is 10.2. The highest BCUT2D eigenvalue weighted by atomic mass is 35.5. The van der Waals surface area contributed by atoms with E-state index in [0.29, 0.717) is 16.5 Å². The summed E-state index contributed by atoms with van der Waals surface area (Å²) in [5.74, 6) is -1.34. The second-order valence-corrected chi connectivity index (χ2v) is 6.95. The number of amides is 2. The normalized spacial score (nSPS) is 11.3. The zero-order valence-electron chi connectivity index (χ0n) is 16.0. The average molecular weight is 439 g/mol. The molecule has 2 aromatic rings. The monoisotopic (exact) mass is 438 g/mol. The summed E-state index contributed by atoms with van der Waals surface area (Å²) in [5.41, 5.74) is 1.63. The van der Waals surface area contributed by atoms with E-state index in [4.69, 9.17) is 32.7 Å². The van der Waals surface area contributed by atoms with Crippen molar-refractivity contribution in [2.24, 2.45) is 0 Å². The van der Waals surface area contributed by atoms with Gasteiger partial charge < -0.3 is 20.1 Å². The van der Waals surface area contributed by atoms with Crippen molar-refractivity contribution in [2.45, 2.75) is 20.0 Å². The van der Waals surface area contributed by atoms with Crippen LogP contribution < -0.4 is 15.4 Å². The van der Waals surface area contributed by atoms with Crippen molar-refractivity contribution in [3.05, 3.63) is 57.6 Å². The highest BCUT2D eigenvalue weighted by Crippen LogP contribution is 2.25. The van der Waals surface area contributed by atoms with Crippen LogP contribution in [0.3, 0.4) is 0 Å². The van der Waals surface area contributed by atoms with E-state index in [1.165, 1.54) is 32.2 Å². The Labute approximate surface area is 178 Å². The molecule has 2 N–H and O–H groups in total. The van der Waals surface area contributed by atoms with Crippen LogP contribution in [0.15, 0.2) is 36.4 Å². The number of carbonyl (C=O) groups excluding carboxylic acids is 3. The van der Waals surface area contributed by atoms with Gasteiger partial charge in [-0.3, -0.25) is 14.4 Å². The molecule has 0 aromatic heterocycles. The smallest absolute Gasteiger partial charge is 0.326 e. The summed E-state index contributed by atoms with van der Waals surface area (Å²) in [5, 5.41) is 5.59. The maximum Gasteiger partial charge on any atom is 0.326 e. The van der Waals surface area contributed by atoms with Gasteiger partial charge in [0.25, 0.3) is 11.8 Å². The molecule has 2 aromatic carbocycles. The summed E-state index contributed by atoms with van der Waals surface area (Å²) in [6.07, 6.45) is -1.07. The molecule has 29 heavy (non-hydrogen) atoms. The molecule has 0 aliphatic rings. The van der Waals surface area contributed by atoms with Crippen LogP contribution in [0.1, 0.15) is 22.8 Å². The molecule has 0 aliphatic heterocycles. The van der Waals surface area contributed by atoms with E-state index in [0.717, 1.165) is 5.56 Å². The van der Waals surface area contributed by atoms with E-state index in [9.17, 15) is 14.4 Å². The van der Waals surface area contributed by atoms with Crippen molar-refractivity contribution < 1.29 is 23.9 Å². The van der Waals surface area contributed by atoms with Crippen LogP contribution in [-0.4, -0.2) is 37.5 Å². The van der Waals surface area contributed by atoms with Crippen molar-refractivity contribution >= 4 is 46.7 Å². The van der Waals surface area contributed by atoms with E-state index < -0.39 is 30.4 Å². The molecule has 0 saturated carbocycles. The predicted octanol–water partition coefficient (Wildman–Crippen LogP) is 3.61. The summed E-state index contributed by atoms with van der Waals surface area (Å²) < 4.78 is 10.3. The fourth-order valence-corrected chi connectivity index (χ4v) is 2.64. The van der Waals surface area contributed by atoms with E-state index in [1.807, 2.05) is 13.0 Å². The molecule has 1 atom stereocenters. The van der Waals surface area contributed by atoms with Crippen LogP contribution in [0.25, 0.3) is 0 Å². The molecule has 0 radical (unpaired) electrons. The Bertz CT molecular complexity index is 933. The van der Waals surface area contributed by atoms with Crippen LogP contribution in [0.4, 0.5) is 5.69 Å². The average Bonchev–Trinajstić information content (AvgIpc) is 2.68. The van der Waals surface area contributed by atoms with Gasteiger partial charge in [0.05, 0.1) is 22.8 Å². The second kappa shape index (κ2) is 10.1. The van der Waals surface area contributed by atoms with E-state index in [1.54, 1.807) is 12.1 Å². The minimum atomic E-state index is -1.07. The van der Waals surface area contributed by atoms with Crippen molar-refractivity contribution in [1.29, 1.82) is 0 Å². The van der Waals surface area contributed by atoms with Crippen molar-refractivity contribution in [3.63, 3.8) is 0 Å². The zero-order chi connectivity index (χ0) is 21.6. The molecule has 0 saturated heterocycles. The third-order valence-corrected chi connectivity index (χ3v) is 4.60. The molecular weight excluding hydrogens is 419 g/mol. The summed E-state index contributed by atoms with van der Waals surface area (Å²) >= 11 is 11.7. The molecule has 9 heteroatoms. The molecule has 0 fully saturated rings. The minimum absolute atomic E-state index is 0.221. The fourth-order valence-electron chi connectivity index (χ4n) is 2.34. The van der Waals surface area contributed by atoms with Gasteiger partial charge in [0.1, 0.15) is 12.3 Å². The number of halogens is 2. The second-order valence-electron chi connectivity index (χ2n) is 6.14. The van der Waals surface area contributed by atoms with Gasteiger partial charge in [-0.05, 0) is 49.7 Å². The van der Waals surface area contributed by atoms with Gasteiger partial charge in [0.15, 0.2) is 6.10 Å². The summed E-state index contributed by atoms with van der Waals surface area (Å²) in [6.45, 7) is 2.88. The number of rotatable bonds is 7. The summed E-state index contributed by atoms with van der Waals surface area (Å²) in [7, 11) is 1.49. The Morgan fingerprint density at radius 1 is 1.07 bits per heavy atom. The Balaban J connectivity index is 1.88. The number of hydrogen-bond donors (Lipinski definition) is 2. The van der Waals surface area contributed by atoms with Gasteiger partial charge in [-0.2, -0.15) is 0 Å². The minimum Gasteiger partial charge on any atom is -0.495 e. The van der Waals surface area contributed by atoms with Crippen molar-refractivity contribution in [1.82, 2.24) is 5.32 Å². The largest absolute Gasteiger partial charge is 0.495 e. The fraction of sp³-hybridized carbons (Fsp3) is 0.250. The highest BCUT2D eigenvalue weighted by molar-refractivity contribution is 6.42. The number of ether oxygens (including phenoxy) is 2. The van der Waals surface area contributed by atoms with Gasteiger partial charge in [0, 0.05) is 5.56 Å². The van der Waals surface area contributed by atoms with Gasteiger partial charge >= 0.3 is 5.97 Å². The molecule has 0 heterocycles. The van der Waals surface area contributed by atoms with Crippen molar-refractivity contribution in [3.8, 4) is 5.75 Å². The molecule has 1 unspecified atom stereocenters. The first-order valence-corrected chi connectivity index (χ1v) is 9.35. The standard InChI is InChI=1S/C20H20Cl2N2O5/c1-11-4-7-17(28-3)16(8-11)24-19(26)12(2)29-18(25)10-23-20(27)13-5-6-14(21)15(22)9-13/h4-9,12H,10H2,1-3H3,(H,23,27)(H,24,26). The third kappa shape index (κ3) is 6.37. The SMILES string of the molecule is COc1ccc(C)cc1NC(=O)C(C)OC(=O)CNC(=O)c1ccc(Cl)c(Cl)c1. The Morgan fingerprint density at radius 3 is 2.45 bits per heavy atom. The van der Waals surface area contributed by atoms with Gasteiger partial charge in [-0.1, -0.05) is 29.3 Å². The quantitative estimate of drug-likeness (QED) is 0.643. The van der Waals surface area contributed by atoms with Crippen LogP contribution in [-0.2, 0) is 14.3 Å². The topological polar surface area (TPSA) is 93.7 Å². The first kappa shape index (κ1) is 22.5. The highest BCUT2D eigenvalue weighted by Gasteiger charge is 2.20. The number of benzene rings is 2. The number of aryl methyl sites for hydroxylation is 1. The van der Waals surface area contributed by atoms with Crippen LogP contribution in [0.5, 0.6) is 5.75 Å². The van der Waals surface area contributed by atoms with E-state index >= 15 is 0 Å². The Kier molecular flexibility index (Phi) is 7.87. The lowest BCUT2D eigenvalue weighted by molar-refractivity contribution is -0.152. The number of methoxy groups -OCH3 is 1. The third-order valence-electron chi connectivity index (χ3n) is 3.87. The number of esters is 1.